The molecule has 3 aromatic rings. The van der Waals surface area contributed by atoms with Crippen molar-refractivity contribution in [3.63, 3.8) is 0 Å². The van der Waals surface area contributed by atoms with E-state index >= 15 is 0 Å². The molecule has 0 aliphatic carbocycles. The normalized spacial score (nSPS) is 11.6. The summed E-state index contributed by atoms with van der Waals surface area (Å²) in [5.74, 6) is -1.45. The summed E-state index contributed by atoms with van der Waals surface area (Å²) in [5.41, 5.74) is 0.441. The number of alkyl halides is 3. The molecule has 22 heavy (non-hydrogen) atoms. The molecule has 0 spiro atoms. The number of rotatable bonds is 3. The highest BCUT2D eigenvalue weighted by molar-refractivity contribution is 7.99. The molecule has 1 radical (unpaired) electrons. The predicted octanol–water partition coefficient (Wildman–Crippen LogP) is 4.71. The van der Waals surface area contributed by atoms with Crippen LogP contribution in [0.1, 0.15) is 5.89 Å². The molecule has 2 aromatic carbocycles. The summed E-state index contributed by atoms with van der Waals surface area (Å²) < 4.78 is 41.7. The summed E-state index contributed by atoms with van der Waals surface area (Å²) >= 11 is 1.44. The maximum atomic E-state index is 12.5. The predicted molar refractivity (Wildman–Crippen MR) is 74.1 cm³/mol. The Balaban J connectivity index is 1.86. The van der Waals surface area contributed by atoms with Gasteiger partial charge in [-0.3, -0.25) is 0 Å². The zero-order valence-corrected chi connectivity index (χ0v) is 11.8. The third-order valence-corrected chi connectivity index (χ3v) is 3.64. The third-order valence-electron chi connectivity index (χ3n) is 2.67. The fourth-order valence-corrected chi connectivity index (χ4v) is 2.57. The summed E-state index contributed by atoms with van der Waals surface area (Å²) in [5, 5.41) is 3.37. The van der Waals surface area contributed by atoms with Crippen LogP contribution >= 0.6 is 11.8 Å². The van der Waals surface area contributed by atoms with E-state index < -0.39 is 12.1 Å². The third kappa shape index (κ3) is 3.30. The lowest BCUT2D eigenvalue weighted by Crippen LogP contribution is -2.04. The van der Waals surface area contributed by atoms with Crippen molar-refractivity contribution >= 4 is 11.8 Å². The highest BCUT2D eigenvalue weighted by atomic mass is 32.2. The lowest BCUT2D eigenvalue weighted by atomic mass is 10.2. The fourth-order valence-electron chi connectivity index (χ4n) is 1.71. The first-order valence-corrected chi connectivity index (χ1v) is 7.00. The van der Waals surface area contributed by atoms with Gasteiger partial charge in [0.15, 0.2) is 0 Å². The number of hydrogen-bond acceptors (Lipinski definition) is 4. The van der Waals surface area contributed by atoms with Crippen LogP contribution in [0.3, 0.4) is 0 Å². The molecule has 0 aliphatic rings. The molecular weight excluding hydrogens is 313 g/mol. The Morgan fingerprint density at radius 2 is 1.86 bits per heavy atom. The zero-order chi connectivity index (χ0) is 15.6. The van der Waals surface area contributed by atoms with E-state index in [2.05, 4.69) is 20.7 Å². The second kappa shape index (κ2) is 5.84. The summed E-state index contributed by atoms with van der Waals surface area (Å²) in [6, 6.07) is 17.5. The standard InChI is InChI=1S/C15H8F3N2OS/c16-15(17,18)14-19-13(20-21-14)10-5-4-8-12(9-10)22-11-6-2-1-3-7-11/h1-7,9H. The Hall–Kier alpha value is -2.28. The average Bonchev–Trinajstić information content (AvgIpc) is 2.99. The Morgan fingerprint density at radius 1 is 1.09 bits per heavy atom. The van der Waals surface area contributed by atoms with Gasteiger partial charge in [-0.1, -0.05) is 47.3 Å². The highest BCUT2D eigenvalue weighted by Crippen LogP contribution is 2.32. The van der Waals surface area contributed by atoms with Gasteiger partial charge in [0, 0.05) is 15.4 Å². The van der Waals surface area contributed by atoms with Crippen molar-refractivity contribution in [1.82, 2.24) is 10.1 Å². The van der Waals surface area contributed by atoms with E-state index in [1.165, 1.54) is 11.8 Å². The molecule has 0 unspecified atom stereocenters. The molecule has 7 heteroatoms. The minimum absolute atomic E-state index is 0.101. The molecule has 0 aliphatic heterocycles. The van der Waals surface area contributed by atoms with Crippen LogP contribution in [0.5, 0.6) is 0 Å². The van der Waals surface area contributed by atoms with Gasteiger partial charge in [0.2, 0.25) is 5.82 Å². The van der Waals surface area contributed by atoms with Crippen molar-refractivity contribution in [2.45, 2.75) is 16.0 Å². The quantitative estimate of drug-likeness (QED) is 0.700. The van der Waals surface area contributed by atoms with Gasteiger partial charge in [0.1, 0.15) is 0 Å². The van der Waals surface area contributed by atoms with Gasteiger partial charge in [0.25, 0.3) is 0 Å². The minimum Gasteiger partial charge on any atom is -0.329 e. The Morgan fingerprint density at radius 3 is 2.55 bits per heavy atom. The zero-order valence-electron chi connectivity index (χ0n) is 11.0. The molecule has 0 saturated carbocycles. The summed E-state index contributed by atoms with van der Waals surface area (Å²) in [4.78, 5) is 5.13. The average molecular weight is 321 g/mol. The van der Waals surface area contributed by atoms with Crippen LogP contribution in [0.25, 0.3) is 11.4 Å². The molecule has 1 aromatic heterocycles. The fraction of sp³-hybridized carbons (Fsp3) is 0.0667. The topological polar surface area (TPSA) is 38.9 Å². The maximum Gasteiger partial charge on any atom is 0.471 e. The monoisotopic (exact) mass is 321 g/mol. The molecule has 1 heterocycles. The summed E-state index contributed by atoms with van der Waals surface area (Å²) in [6.45, 7) is 0. The number of hydrogen-bond donors (Lipinski definition) is 0. The lowest BCUT2D eigenvalue weighted by molar-refractivity contribution is -0.159. The van der Waals surface area contributed by atoms with Crippen LogP contribution < -0.4 is 0 Å². The van der Waals surface area contributed by atoms with E-state index in [4.69, 9.17) is 0 Å². The summed E-state index contributed by atoms with van der Waals surface area (Å²) in [7, 11) is 0. The Kier molecular flexibility index (Phi) is 3.89. The molecule has 0 amide bonds. The largest absolute Gasteiger partial charge is 0.471 e. The van der Waals surface area contributed by atoms with Crippen LogP contribution in [0, 0.1) is 6.07 Å². The van der Waals surface area contributed by atoms with Crippen LogP contribution in [0.2, 0.25) is 0 Å². The molecule has 0 saturated heterocycles. The molecule has 3 nitrogen and oxygen atoms in total. The van der Waals surface area contributed by atoms with E-state index in [0.29, 0.717) is 5.56 Å². The Labute approximate surface area is 128 Å². The molecule has 3 rings (SSSR count). The van der Waals surface area contributed by atoms with E-state index in [-0.39, 0.29) is 5.82 Å². The van der Waals surface area contributed by atoms with Gasteiger partial charge in [-0.2, -0.15) is 18.2 Å². The number of nitrogens with zero attached hydrogens (tertiary/aromatic N) is 2. The first-order valence-electron chi connectivity index (χ1n) is 6.18. The van der Waals surface area contributed by atoms with Crippen molar-refractivity contribution in [2.24, 2.45) is 0 Å². The maximum absolute atomic E-state index is 12.5. The van der Waals surface area contributed by atoms with Gasteiger partial charge in [-0.05, 0) is 24.3 Å². The van der Waals surface area contributed by atoms with Gasteiger partial charge < -0.3 is 4.52 Å². The minimum atomic E-state index is -4.65. The van der Waals surface area contributed by atoms with Gasteiger partial charge in [0.05, 0.1) is 0 Å². The molecule has 0 atom stereocenters. The lowest BCUT2D eigenvalue weighted by Gasteiger charge is -2.02. The smallest absolute Gasteiger partial charge is 0.329 e. The second-order valence-corrected chi connectivity index (χ2v) is 5.39. The van der Waals surface area contributed by atoms with Crippen LogP contribution in [-0.2, 0) is 6.18 Å². The van der Waals surface area contributed by atoms with E-state index in [9.17, 15) is 13.2 Å². The van der Waals surface area contributed by atoms with Crippen molar-refractivity contribution < 1.29 is 17.7 Å². The van der Waals surface area contributed by atoms with Crippen molar-refractivity contribution in [3.05, 3.63) is 60.5 Å². The van der Waals surface area contributed by atoms with Gasteiger partial charge in [-0.25, -0.2) is 0 Å². The van der Waals surface area contributed by atoms with Crippen LogP contribution in [0.4, 0.5) is 13.2 Å². The van der Waals surface area contributed by atoms with Gasteiger partial charge >= 0.3 is 12.1 Å². The SMILES string of the molecule is FC(F)(F)c1nc(-c2cc[c]c(Sc3ccccc3)c2)no1. The number of benzene rings is 2. The molecule has 0 N–H and O–H groups in total. The van der Waals surface area contributed by atoms with Gasteiger partial charge in [-0.15, -0.1) is 0 Å². The molecular formula is C15H8F3N2OS. The first-order chi connectivity index (χ1) is 10.5. The highest BCUT2D eigenvalue weighted by Gasteiger charge is 2.38. The second-order valence-electron chi connectivity index (χ2n) is 4.28. The number of aromatic nitrogens is 2. The van der Waals surface area contributed by atoms with Crippen LogP contribution in [-0.4, -0.2) is 10.1 Å². The van der Waals surface area contributed by atoms with E-state index in [0.717, 1.165) is 9.79 Å². The number of halogens is 3. The van der Waals surface area contributed by atoms with E-state index in [1.807, 2.05) is 30.3 Å². The van der Waals surface area contributed by atoms with Crippen LogP contribution in [0.15, 0.2) is 62.8 Å². The van der Waals surface area contributed by atoms with Crippen molar-refractivity contribution in [2.75, 3.05) is 0 Å². The molecule has 0 bridgehead atoms. The van der Waals surface area contributed by atoms with Crippen molar-refractivity contribution in [3.8, 4) is 11.4 Å². The molecule has 111 valence electrons. The molecule has 0 fully saturated rings. The first kappa shape index (κ1) is 14.6. The summed E-state index contributed by atoms with van der Waals surface area (Å²) in [6.07, 6.45) is -4.65. The Bertz CT molecular complexity index is 772. The van der Waals surface area contributed by atoms with E-state index in [1.54, 1.807) is 18.2 Å². The van der Waals surface area contributed by atoms with Crippen molar-refractivity contribution in [1.29, 1.82) is 0 Å².